The predicted octanol–water partition coefficient (Wildman–Crippen LogP) is 5.30. The third-order valence-electron chi connectivity index (χ3n) is 4.92. The van der Waals surface area contributed by atoms with Gasteiger partial charge < -0.3 is 0 Å². The second-order valence-electron chi connectivity index (χ2n) is 6.44. The zero-order chi connectivity index (χ0) is 16.6. The van der Waals surface area contributed by atoms with E-state index in [1.165, 1.54) is 33.6 Å². The average molecular weight is 322 g/mol. The van der Waals surface area contributed by atoms with E-state index in [0.717, 1.165) is 18.5 Å². The molecule has 3 aromatic carbocycles. The van der Waals surface area contributed by atoms with Crippen molar-refractivity contribution in [2.75, 3.05) is 0 Å². The second-order valence-corrected chi connectivity index (χ2v) is 6.44. The monoisotopic (exact) mass is 322 g/mol. The van der Waals surface area contributed by atoms with Gasteiger partial charge in [-0.25, -0.2) is 4.68 Å². The zero-order valence-electron chi connectivity index (χ0n) is 13.9. The number of rotatable bonds is 2. The van der Waals surface area contributed by atoms with Crippen molar-refractivity contribution in [3.63, 3.8) is 0 Å². The third-order valence-corrected chi connectivity index (χ3v) is 4.92. The molecule has 0 bridgehead atoms. The summed E-state index contributed by atoms with van der Waals surface area (Å²) in [4.78, 5) is 0. The van der Waals surface area contributed by atoms with E-state index in [-0.39, 0.29) is 0 Å². The number of benzene rings is 3. The van der Waals surface area contributed by atoms with Crippen LogP contribution in [0, 0.1) is 0 Å². The number of hydrogen-bond donors (Lipinski definition) is 0. The normalized spacial score (nSPS) is 12.5. The lowest BCUT2D eigenvalue weighted by Gasteiger charge is -2.17. The van der Waals surface area contributed by atoms with E-state index in [4.69, 9.17) is 5.10 Å². The molecule has 2 nitrogen and oxygen atoms in total. The largest absolute Gasteiger partial charge is 0.232 e. The summed E-state index contributed by atoms with van der Waals surface area (Å²) in [5, 5.41) is 5.01. The van der Waals surface area contributed by atoms with Crippen LogP contribution in [0.2, 0.25) is 0 Å². The first-order chi connectivity index (χ1) is 12.4. The lowest BCUT2D eigenvalue weighted by atomic mass is 9.87. The van der Waals surface area contributed by atoms with Crippen molar-refractivity contribution < 1.29 is 0 Å². The Labute approximate surface area is 147 Å². The van der Waals surface area contributed by atoms with Crippen LogP contribution in [0.15, 0.2) is 84.9 Å². The molecule has 5 rings (SSSR count). The van der Waals surface area contributed by atoms with Crippen LogP contribution in [0.4, 0.5) is 0 Å². The van der Waals surface area contributed by atoms with Crippen LogP contribution in [0.5, 0.6) is 0 Å². The standard InChI is InChI=1S/C23H18N2/c1-3-10-18(11-4-1)23-22-20-14-8-7-9-17(20)15-16-21(22)24-25(23)19-12-5-2-6-13-19/h1-14H,15-16H2. The van der Waals surface area contributed by atoms with Gasteiger partial charge in [-0.2, -0.15) is 5.10 Å². The van der Waals surface area contributed by atoms with E-state index in [2.05, 4.69) is 83.5 Å². The Hall–Kier alpha value is -3.13. The molecule has 4 aromatic rings. The maximum absolute atomic E-state index is 5.01. The number of hydrogen-bond acceptors (Lipinski definition) is 1. The van der Waals surface area contributed by atoms with Gasteiger partial charge in [0.1, 0.15) is 0 Å². The van der Waals surface area contributed by atoms with E-state index in [1.807, 2.05) is 6.07 Å². The minimum absolute atomic E-state index is 0.992. The van der Waals surface area contributed by atoms with Gasteiger partial charge >= 0.3 is 0 Å². The predicted molar refractivity (Wildman–Crippen MR) is 102 cm³/mol. The van der Waals surface area contributed by atoms with Crippen LogP contribution >= 0.6 is 0 Å². The molecule has 0 fully saturated rings. The molecular weight excluding hydrogens is 304 g/mol. The SMILES string of the molecule is c1ccc(-c2c3c(nn2-c2ccccc2)CCc2ccccc2-3)cc1. The first-order valence-corrected chi connectivity index (χ1v) is 8.73. The summed E-state index contributed by atoms with van der Waals surface area (Å²) < 4.78 is 2.11. The molecule has 25 heavy (non-hydrogen) atoms. The molecule has 0 spiro atoms. The minimum Gasteiger partial charge on any atom is -0.232 e. The van der Waals surface area contributed by atoms with Crippen molar-refractivity contribution in [2.24, 2.45) is 0 Å². The summed E-state index contributed by atoms with van der Waals surface area (Å²) in [6.45, 7) is 0. The Morgan fingerprint density at radius 1 is 0.680 bits per heavy atom. The first kappa shape index (κ1) is 14.2. The van der Waals surface area contributed by atoms with E-state index in [9.17, 15) is 0 Å². The Balaban J connectivity index is 1.85. The number of aryl methyl sites for hydroxylation is 2. The lowest BCUT2D eigenvalue weighted by molar-refractivity contribution is 0.818. The molecule has 0 unspecified atom stereocenters. The Bertz CT molecular complexity index is 1030. The Morgan fingerprint density at radius 2 is 1.36 bits per heavy atom. The van der Waals surface area contributed by atoms with E-state index in [0.29, 0.717) is 0 Å². The topological polar surface area (TPSA) is 17.8 Å². The molecule has 0 aliphatic heterocycles. The zero-order valence-corrected chi connectivity index (χ0v) is 13.9. The van der Waals surface area contributed by atoms with Gasteiger partial charge in [0.25, 0.3) is 0 Å². The molecule has 120 valence electrons. The van der Waals surface area contributed by atoms with Crippen LogP contribution in [-0.4, -0.2) is 9.78 Å². The maximum Gasteiger partial charge on any atom is 0.0822 e. The van der Waals surface area contributed by atoms with Crippen LogP contribution in [0.25, 0.3) is 28.1 Å². The van der Waals surface area contributed by atoms with E-state index < -0.39 is 0 Å². The van der Waals surface area contributed by atoms with Gasteiger partial charge in [0.15, 0.2) is 0 Å². The molecule has 1 heterocycles. The average Bonchev–Trinajstić information content (AvgIpc) is 3.09. The molecular formula is C23H18N2. The number of nitrogens with zero attached hydrogens (tertiary/aromatic N) is 2. The van der Waals surface area contributed by atoms with E-state index in [1.54, 1.807) is 0 Å². The van der Waals surface area contributed by atoms with Gasteiger partial charge in [-0.3, -0.25) is 0 Å². The van der Waals surface area contributed by atoms with Gasteiger partial charge in [0, 0.05) is 11.1 Å². The Morgan fingerprint density at radius 3 is 2.16 bits per heavy atom. The first-order valence-electron chi connectivity index (χ1n) is 8.73. The fourth-order valence-corrected chi connectivity index (χ4v) is 3.78. The molecule has 1 aliphatic rings. The van der Waals surface area contributed by atoms with E-state index >= 15 is 0 Å². The fourth-order valence-electron chi connectivity index (χ4n) is 3.78. The van der Waals surface area contributed by atoms with Crippen molar-refractivity contribution in [3.05, 3.63) is 96.2 Å². The summed E-state index contributed by atoms with van der Waals surface area (Å²) in [6, 6.07) is 29.8. The molecule has 2 heteroatoms. The molecule has 0 amide bonds. The van der Waals surface area contributed by atoms with Crippen LogP contribution in [0.3, 0.4) is 0 Å². The van der Waals surface area contributed by atoms with Gasteiger partial charge in [-0.1, -0.05) is 72.8 Å². The number of fused-ring (bicyclic) bond motifs is 3. The molecule has 0 saturated carbocycles. The van der Waals surface area contributed by atoms with Crippen molar-refractivity contribution in [1.82, 2.24) is 9.78 Å². The molecule has 0 atom stereocenters. The van der Waals surface area contributed by atoms with Gasteiger partial charge in [-0.05, 0) is 36.1 Å². The summed E-state index contributed by atoms with van der Waals surface area (Å²) in [7, 11) is 0. The van der Waals surface area contributed by atoms with Gasteiger partial charge in [-0.15, -0.1) is 0 Å². The second kappa shape index (κ2) is 5.75. The highest BCUT2D eigenvalue weighted by Crippen LogP contribution is 2.41. The maximum atomic E-state index is 5.01. The van der Waals surface area contributed by atoms with Crippen molar-refractivity contribution in [3.8, 4) is 28.1 Å². The molecule has 1 aromatic heterocycles. The summed E-state index contributed by atoms with van der Waals surface area (Å²) >= 11 is 0. The molecule has 0 radical (unpaired) electrons. The smallest absolute Gasteiger partial charge is 0.0822 e. The molecule has 0 saturated heterocycles. The van der Waals surface area contributed by atoms with Gasteiger partial charge in [0.2, 0.25) is 0 Å². The van der Waals surface area contributed by atoms with Crippen molar-refractivity contribution >= 4 is 0 Å². The summed E-state index contributed by atoms with van der Waals surface area (Å²) in [6.07, 6.45) is 2.05. The van der Waals surface area contributed by atoms with Crippen molar-refractivity contribution in [1.29, 1.82) is 0 Å². The number of aromatic nitrogens is 2. The quantitative estimate of drug-likeness (QED) is 0.489. The highest BCUT2D eigenvalue weighted by atomic mass is 15.3. The number of para-hydroxylation sites is 1. The highest BCUT2D eigenvalue weighted by molar-refractivity contribution is 5.86. The lowest BCUT2D eigenvalue weighted by Crippen LogP contribution is -2.02. The molecule has 1 aliphatic carbocycles. The minimum atomic E-state index is 0.992. The summed E-state index contributed by atoms with van der Waals surface area (Å²) in [5.74, 6) is 0. The summed E-state index contributed by atoms with van der Waals surface area (Å²) in [5.41, 5.74) is 8.72. The third kappa shape index (κ3) is 2.30. The highest BCUT2D eigenvalue weighted by Gasteiger charge is 2.26. The Kier molecular flexibility index (Phi) is 3.27. The van der Waals surface area contributed by atoms with Crippen LogP contribution in [0.1, 0.15) is 11.3 Å². The van der Waals surface area contributed by atoms with Crippen LogP contribution in [-0.2, 0) is 12.8 Å². The van der Waals surface area contributed by atoms with Crippen LogP contribution < -0.4 is 0 Å². The molecule has 0 N–H and O–H groups in total. The fraction of sp³-hybridized carbons (Fsp3) is 0.0870. The van der Waals surface area contributed by atoms with Crippen molar-refractivity contribution in [2.45, 2.75) is 12.8 Å². The van der Waals surface area contributed by atoms with Gasteiger partial charge in [0.05, 0.1) is 17.1 Å².